The Hall–Kier alpha value is -2.32. The van der Waals surface area contributed by atoms with Crippen molar-refractivity contribution in [1.82, 2.24) is 10.2 Å². The van der Waals surface area contributed by atoms with E-state index in [2.05, 4.69) is 15.5 Å². The molecule has 8 heteroatoms. The number of carbonyl (C=O) groups is 2. The maximum Gasteiger partial charge on any atom is 0.231 e. The molecule has 0 saturated carbocycles. The quantitative estimate of drug-likeness (QED) is 0.884. The van der Waals surface area contributed by atoms with Crippen molar-refractivity contribution in [2.45, 2.75) is 26.9 Å². The molecule has 0 bridgehead atoms. The Bertz CT molecular complexity index is 805. The number of nitrogens with zero attached hydrogens (tertiary/aromatic N) is 3. The maximum atomic E-state index is 12.5. The van der Waals surface area contributed by atoms with Crippen LogP contribution in [0.5, 0.6) is 0 Å². The number of hydrogen-bond donors (Lipinski definition) is 1. The van der Waals surface area contributed by atoms with Crippen LogP contribution in [0.15, 0.2) is 18.2 Å². The smallest absolute Gasteiger partial charge is 0.231 e. The van der Waals surface area contributed by atoms with Gasteiger partial charge >= 0.3 is 0 Å². The summed E-state index contributed by atoms with van der Waals surface area (Å²) in [6, 6.07) is 5.86. The number of amides is 2. The van der Waals surface area contributed by atoms with Gasteiger partial charge in [-0.3, -0.25) is 9.59 Å². The molecule has 2 amide bonds. The molecule has 1 unspecified atom stereocenters. The second-order valence-electron chi connectivity index (χ2n) is 6.05. The van der Waals surface area contributed by atoms with Gasteiger partial charge in [-0.15, -0.1) is 10.2 Å². The second kappa shape index (κ2) is 7.28. The average molecular weight is 360 g/mol. The van der Waals surface area contributed by atoms with Crippen LogP contribution >= 0.6 is 11.3 Å². The largest absolute Gasteiger partial charge is 0.377 e. The van der Waals surface area contributed by atoms with Gasteiger partial charge in [0, 0.05) is 25.8 Å². The summed E-state index contributed by atoms with van der Waals surface area (Å²) in [5.41, 5.74) is 3.06. The molecule has 1 fully saturated rings. The van der Waals surface area contributed by atoms with Crippen molar-refractivity contribution in [3.63, 3.8) is 0 Å². The van der Waals surface area contributed by atoms with Crippen molar-refractivity contribution in [2.24, 2.45) is 5.92 Å². The first-order chi connectivity index (χ1) is 12.0. The zero-order chi connectivity index (χ0) is 18.0. The number of aryl methyl sites for hydroxylation is 1. The van der Waals surface area contributed by atoms with E-state index in [-0.39, 0.29) is 18.2 Å². The minimum Gasteiger partial charge on any atom is -0.377 e. The summed E-state index contributed by atoms with van der Waals surface area (Å²) < 4.78 is 4.99. The van der Waals surface area contributed by atoms with Gasteiger partial charge in [-0.2, -0.15) is 0 Å². The van der Waals surface area contributed by atoms with Crippen LogP contribution in [0.2, 0.25) is 0 Å². The van der Waals surface area contributed by atoms with Crippen LogP contribution in [0.4, 0.5) is 10.8 Å². The predicted molar refractivity (Wildman–Crippen MR) is 95.6 cm³/mol. The fourth-order valence-electron chi connectivity index (χ4n) is 2.84. The van der Waals surface area contributed by atoms with Crippen LogP contribution < -0.4 is 10.2 Å². The third-order valence-electron chi connectivity index (χ3n) is 4.33. The number of nitrogens with one attached hydrogen (secondary N) is 1. The van der Waals surface area contributed by atoms with Gasteiger partial charge in [0.05, 0.1) is 5.92 Å². The molecule has 1 N–H and O–H groups in total. The van der Waals surface area contributed by atoms with Crippen LogP contribution in [0.25, 0.3) is 0 Å². The molecule has 1 aromatic heterocycles. The fraction of sp³-hybridized carbons (Fsp3) is 0.412. The van der Waals surface area contributed by atoms with Gasteiger partial charge in [-0.25, -0.2) is 0 Å². The number of methoxy groups -OCH3 is 1. The summed E-state index contributed by atoms with van der Waals surface area (Å²) in [5.74, 6) is -0.644. The summed E-state index contributed by atoms with van der Waals surface area (Å²) in [6.45, 7) is 4.73. The SMILES string of the molecule is COCc1nnc(NC(=O)C2CC(=O)N(c3cccc(C)c3C)C2)s1. The molecule has 7 nitrogen and oxygen atoms in total. The van der Waals surface area contributed by atoms with Crippen molar-refractivity contribution < 1.29 is 14.3 Å². The lowest BCUT2D eigenvalue weighted by atomic mass is 10.1. The first-order valence-electron chi connectivity index (χ1n) is 7.98. The Morgan fingerprint density at radius 2 is 2.20 bits per heavy atom. The second-order valence-corrected chi connectivity index (χ2v) is 7.11. The summed E-state index contributed by atoms with van der Waals surface area (Å²) in [5, 5.41) is 11.7. The van der Waals surface area contributed by atoms with Crippen molar-refractivity contribution >= 4 is 34.0 Å². The van der Waals surface area contributed by atoms with E-state index in [1.54, 1.807) is 12.0 Å². The molecule has 0 spiro atoms. The zero-order valence-electron chi connectivity index (χ0n) is 14.4. The van der Waals surface area contributed by atoms with Crippen LogP contribution in [0.1, 0.15) is 22.6 Å². The number of rotatable bonds is 5. The lowest BCUT2D eigenvalue weighted by Gasteiger charge is -2.20. The number of hydrogen-bond acceptors (Lipinski definition) is 6. The summed E-state index contributed by atoms with van der Waals surface area (Å²) in [7, 11) is 1.58. The van der Waals surface area contributed by atoms with E-state index in [0.717, 1.165) is 16.8 Å². The molecule has 1 aromatic carbocycles. The first kappa shape index (κ1) is 17.5. The molecule has 2 heterocycles. The number of carbonyl (C=O) groups excluding carboxylic acids is 2. The topological polar surface area (TPSA) is 84.4 Å². The van der Waals surface area contributed by atoms with Gasteiger partial charge < -0.3 is 15.0 Å². The molecular formula is C17H20N4O3S. The summed E-state index contributed by atoms with van der Waals surface area (Å²) in [6.07, 6.45) is 0.197. The van der Waals surface area contributed by atoms with Gasteiger partial charge in [-0.1, -0.05) is 23.5 Å². The summed E-state index contributed by atoms with van der Waals surface area (Å²) >= 11 is 1.27. The fourth-order valence-corrected chi connectivity index (χ4v) is 3.55. The Kier molecular flexibility index (Phi) is 5.10. The van der Waals surface area contributed by atoms with Gasteiger partial charge in [0.25, 0.3) is 0 Å². The van der Waals surface area contributed by atoms with Crippen molar-refractivity contribution in [2.75, 3.05) is 23.9 Å². The maximum absolute atomic E-state index is 12.5. The van der Waals surface area contributed by atoms with Crippen molar-refractivity contribution in [1.29, 1.82) is 0 Å². The third-order valence-corrected chi connectivity index (χ3v) is 5.14. The Morgan fingerprint density at radius 1 is 1.40 bits per heavy atom. The monoisotopic (exact) mass is 360 g/mol. The van der Waals surface area contributed by atoms with Gasteiger partial charge in [-0.05, 0) is 31.0 Å². The van der Waals surface area contributed by atoms with Crippen molar-refractivity contribution in [3.8, 4) is 0 Å². The Balaban J connectivity index is 1.69. The zero-order valence-corrected chi connectivity index (χ0v) is 15.2. The van der Waals surface area contributed by atoms with Gasteiger partial charge in [0.1, 0.15) is 11.6 Å². The predicted octanol–water partition coefficient (Wildman–Crippen LogP) is 2.29. The lowest BCUT2D eigenvalue weighted by molar-refractivity contribution is -0.122. The molecule has 3 rings (SSSR count). The molecule has 25 heavy (non-hydrogen) atoms. The van der Waals surface area contributed by atoms with E-state index in [0.29, 0.717) is 23.3 Å². The van der Waals surface area contributed by atoms with Crippen molar-refractivity contribution in [3.05, 3.63) is 34.3 Å². The highest BCUT2D eigenvalue weighted by Crippen LogP contribution is 2.30. The van der Waals surface area contributed by atoms with Crippen LogP contribution in [-0.4, -0.2) is 35.7 Å². The highest BCUT2D eigenvalue weighted by Gasteiger charge is 2.36. The standard InChI is InChI=1S/C17H20N4O3S/c1-10-5-4-6-13(11(10)2)21-8-12(7-15(21)22)16(23)18-17-20-19-14(25-17)9-24-3/h4-6,12H,7-9H2,1-3H3,(H,18,20,23). The molecule has 1 saturated heterocycles. The lowest BCUT2D eigenvalue weighted by Crippen LogP contribution is -2.28. The highest BCUT2D eigenvalue weighted by atomic mass is 32.1. The first-order valence-corrected chi connectivity index (χ1v) is 8.80. The molecule has 1 aliphatic rings. The van der Waals surface area contributed by atoms with Crippen LogP contribution in [-0.2, 0) is 20.9 Å². The van der Waals surface area contributed by atoms with E-state index < -0.39 is 5.92 Å². The average Bonchev–Trinajstić information content (AvgIpc) is 3.17. The molecule has 2 aromatic rings. The Labute approximate surface area is 150 Å². The molecular weight excluding hydrogens is 340 g/mol. The van der Waals surface area contributed by atoms with Crippen LogP contribution in [0, 0.1) is 19.8 Å². The van der Waals surface area contributed by atoms with Crippen LogP contribution in [0.3, 0.4) is 0 Å². The minimum atomic E-state index is -0.401. The van der Waals surface area contributed by atoms with Gasteiger partial charge in [0.15, 0.2) is 0 Å². The molecule has 0 aliphatic carbocycles. The Morgan fingerprint density at radius 3 is 2.96 bits per heavy atom. The third kappa shape index (κ3) is 3.69. The highest BCUT2D eigenvalue weighted by molar-refractivity contribution is 7.15. The molecule has 1 aliphatic heterocycles. The number of benzene rings is 1. The minimum absolute atomic E-state index is 0.0359. The number of aromatic nitrogens is 2. The molecule has 132 valence electrons. The normalized spacial score (nSPS) is 17.2. The van der Waals surface area contributed by atoms with E-state index in [9.17, 15) is 9.59 Å². The summed E-state index contributed by atoms with van der Waals surface area (Å²) in [4.78, 5) is 26.6. The van der Waals surface area contributed by atoms with E-state index in [4.69, 9.17) is 4.74 Å². The molecule has 1 atom stereocenters. The van der Waals surface area contributed by atoms with Gasteiger partial charge in [0.2, 0.25) is 16.9 Å². The number of ether oxygens (including phenoxy) is 1. The molecule has 0 radical (unpaired) electrons. The van der Waals surface area contributed by atoms with E-state index >= 15 is 0 Å². The van der Waals surface area contributed by atoms with E-state index in [1.807, 2.05) is 32.0 Å². The number of anilines is 2. The van der Waals surface area contributed by atoms with E-state index in [1.165, 1.54) is 11.3 Å².